The maximum absolute atomic E-state index is 13.9. The SMILES string of the molecule is CC#CN1CCC(c2c[nH]n3c(C(N)=O)c(-c4ccc(Oc5ccc(F)cc5)cc4)nc23)C1.CC#CN1CCC(c2c[nH]n3c(C(N)=O)c(-c4ccc(Oc5ccc(F)cc5F)cc4)nc23)C1. The Morgan fingerprint density at radius 1 is 0.627 bits per heavy atom. The molecule has 6 N–H and O–H groups in total. The topological polar surface area (TPSA) is 177 Å². The molecule has 8 aromatic rings. The van der Waals surface area contributed by atoms with Gasteiger partial charge in [0, 0.05) is 90.8 Å². The van der Waals surface area contributed by atoms with E-state index in [9.17, 15) is 22.8 Å². The number of carbonyl (C=O) groups is 2. The molecular weight excluding hydrogens is 862 g/mol. The number of aromatic nitrogens is 6. The molecule has 2 saturated heterocycles. The third kappa shape index (κ3) is 8.95. The van der Waals surface area contributed by atoms with Crippen molar-refractivity contribution in [1.29, 1.82) is 0 Å². The summed E-state index contributed by atoms with van der Waals surface area (Å²) in [5.74, 6) is 4.74. The largest absolute Gasteiger partial charge is 0.457 e. The summed E-state index contributed by atoms with van der Waals surface area (Å²) in [5.41, 5.74) is 17.7. The lowest BCUT2D eigenvalue weighted by Crippen LogP contribution is -2.15. The number of aromatic amines is 2. The van der Waals surface area contributed by atoms with Crippen molar-refractivity contribution < 1.29 is 32.2 Å². The molecule has 2 fully saturated rings. The fourth-order valence-corrected chi connectivity index (χ4v) is 8.57. The molecular formula is C50H43F3N10O4. The number of benzene rings is 4. The number of halogens is 3. The molecule has 14 nitrogen and oxygen atoms in total. The van der Waals surface area contributed by atoms with Gasteiger partial charge in [-0.15, -0.1) is 0 Å². The summed E-state index contributed by atoms with van der Waals surface area (Å²) >= 11 is 0. The lowest BCUT2D eigenvalue weighted by Gasteiger charge is -2.09. The highest BCUT2D eigenvalue weighted by atomic mass is 19.1. The van der Waals surface area contributed by atoms with Gasteiger partial charge in [-0.05, 0) is 112 Å². The molecule has 0 spiro atoms. The Balaban J connectivity index is 0.000000168. The molecule has 4 aromatic heterocycles. The van der Waals surface area contributed by atoms with Crippen molar-refractivity contribution in [2.75, 3.05) is 26.2 Å². The van der Waals surface area contributed by atoms with Crippen LogP contribution in [0.15, 0.2) is 103 Å². The van der Waals surface area contributed by atoms with Crippen molar-refractivity contribution >= 4 is 23.1 Å². The minimum absolute atomic E-state index is 0.0923. The van der Waals surface area contributed by atoms with E-state index in [1.54, 1.807) is 57.6 Å². The zero-order chi connectivity index (χ0) is 46.8. The molecule has 0 saturated carbocycles. The number of rotatable bonds is 10. The van der Waals surface area contributed by atoms with E-state index in [0.29, 0.717) is 51.2 Å². The van der Waals surface area contributed by atoms with E-state index in [0.717, 1.165) is 67.8 Å². The molecule has 67 heavy (non-hydrogen) atoms. The quantitative estimate of drug-likeness (QED) is 0.0989. The van der Waals surface area contributed by atoms with Crippen molar-refractivity contribution in [3.8, 4) is 69.4 Å². The number of primary amides is 2. The molecule has 2 aliphatic rings. The lowest BCUT2D eigenvalue weighted by molar-refractivity contribution is 0.0986. The van der Waals surface area contributed by atoms with Crippen molar-refractivity contribution in [3.63, 3.8) is 0 Å². The fourth-order valence-electron chi connectivity index (χ4n) is 8.57. The number of hydrogen-bond donors (Lipinski definition) is 4. The number of likely N-dealkylation sites (tertiary alicyclic amines) is 2. The Morgan fingerprint density at radius 2 is 1.06 bits per heavy atom. The third-order valence-electron chi connectivity index (χ3n) is 11.7. The Labute approximate surface area is 382 Å². The van der Waals surface area contributed by atoms with E-state index in [-0.39, 0.29) is 29.1 Å². The number of amides is 2. The molecule has 0 bridgehead atoms. The van der Waals surface area contributed by atoms with E-state index >= 15 is 0 Å². The minimum atomic E-state index is -0.800. The van der Waals surface area contributed by atoms with Gasteiger partial charge < -0.3 is 30.7 Å². The van der Waals surface area contributed by atoms with Crippen LogP contribution in [-0.4, -0.2) is 77.0 Å². The van der Waals surface area contributed by atoms with Gasteiger partial charge in [0.05, 0.1) is 0 Å². The number of H-pyrrole nitrogens is 2. The van der Waals surface area contributed by atoms with Crippen LogP contribution in [0.5, 0.6) is 23.0 Å². The first kappa shape index (κ1) is 43.7. The van der Waals surface area contributed by atoms with Crippen LogP contribution in [0.1, 0.15) is 70.6 Å². The monoisotopic (exact) mass is 904 g/mol. The number of nitrogens with zero attached hydrogens (tertiary/aromatic N) is 6. The molecule has 6 heterocycles. The van der Waals surface area contributed by atoms with Gasteiger partial charge in [-0.1, -0.05) is 11.8 Å². The zero-order valence-corrected chi connectivity index (χ0v) is 36.3. The number of ether oxygens (including phenoxy) is 2. The second kappa shape index (κ2) is 18.5. The van der Waals surface area contributed by atoms with Crippen molar-refractivity contribution in [3.05, 3.63) is 143 Å². The summed E-state index contributed by atoms with van der Waals surface area (Å²) in [6.45, 7) is 7.02. The van der Waals surface area contributed by atoms with Gasteiger partial charge in [0.1, 0.15) is 40.3 Å². The zero-order valence-electron chi connectivity index (χ0n) is 36.3. The molecule has 0 radical (unpaired) electrons. The highest BCUT2D eigenvalue weighted by molar-refractivity contribution is 5.99. The molecule has 17 heteroatoms. The van der Waals surface area contributed by atoms with Crippen molar-refractivity contribution in [1.82, 2.24) is 39.0 Å². The van der Waals surface area contributed by atoms with E-state index in [1.807, 2.05) is 38.4 Å². The highest BCUT2D eigenvalue weighted by Gasteiger charge is 2.30. The first-order valence-corrected chi connectivity index (χ1v) is 21.4. The average molecular weight is 905 g/mol. The third-order valence-corrected chi connectivity index (χ3v) is 11.7. The van der Waals surface area contributed by atoms with Gasteiger partial charge in [-0.25, -0.2) is 32.2 Å². The summed E-state index contributed by atoms with van der Waals surface area (Å²) in [4.78, 5) is 38.4. The van der Waals surface area contributed by atoms with Gasteiger partial charge >= 0.3 is 0 Å². The Hall–Kier alpha value is -8.57. The van der Waals surface area contributed by atoms with Gasteiger partial charge in [0.15, 0.2) is 34.2 Å². The predicted molar refractivity (Wildman–Crippen MR) is 245 cm³/mol. The fraction of sp³-hybridized carbons (Fsp3) is 0.200. The first-order chi connectivity index (χ1) is 32.5. The Kier molecular flexibility index (Phi) is 12.1. The number of nitrogens with one attached hydrogen (secondary N) is 2. The van der Waals surface area contributed by atoms with E-state index in [4.69, 9.17) is 30.9 Å². The second-order valence-corrected chi connectivity index (χ2v) is 16.0. The maximum Gasteiger partial charge on any atom is 0.269 e. The van der Waals surface area contributed by atoms with Gasteiger partial charge in [-0.2, -0.15) is 0 Å². The predicted octanol–water partition coefficient (Wildman–Crippen LogP) is 8.40. The van der Waals surface area contributed by atoms with Crippen LogP contribution in [-0.2, 0) is 0 Å². The average Bonchev–Trinajstić information content (AvgIpc) is 4.18. The van der Waals surface area contributed by atoms with E-state index in [2.05, 4.69) is 43.9 Å². The van der Waals surface area contributed by atoms with Crippen LogP contribution < -0.4 is 20.9 Å². The molecule has 2 unspecified atom stereocenters. The molecule has 0 aliphatic carbocycles. The number of fused-ring (bicyclic) bond motifs is 2. The molecule has 338 valence electrons. The van der Waals surface area contributed by atoms with Gasteiger partial charge in [0.25, 0.3) is 11.8 Å². The Morgan fingerprint density at radius 3 is 1.49 bits per heavy atom. The van der Waals surface area contributed by atoms with Crippen LogP contribution in [0, 0.1) is 41.4 Å². The van der Waals surface area contributed by atoms with E-state index in [1.165, 1.54) is 18.2 Å². The summed E-state index contributed by atoms with van der Waals surface area (Å²) in [5, 5.41) is 6.25. The van der Waals surface area contributed by atoms with E-state index < -0.39 is 23.4 Å². The van der Waals surface area contributed by atoms with Crippen LogP contribution in [0.2, 0.25) is 0 Å². The molecule has 2 aliphatic heterocycles. The van der Waals surface area contributed by atoms with Gasteiger partial charge in [-0.3, -0.25) is 19.8 Å². The van der Waals surface area contributed by atoms with Crippen LogP contribution in [0.3, 0.4) is 0 Å². The maximum atomic E-state index is 13.9. The standard InChI is InChI=1S/C25H21F2N5O2.C25H22FN5O2/c1-2-10-31-11-9-16(14-31)19-13-29-32-23(24(28)33)22(30-25(19)32)15-3-6-18(7-4-15)34-21-8-5-17(26)12-20(21)27;1-2-12-30-13-11-17(15-30)21-14-28-31-23(24(27)32)22(29-25(21)31)16-3-7-19(8-4-16)33-20-9-5-18(26)6-10-20/h3-8,12-13,16,29H,9,11,14H2,1H3,(H2,28,33);3-10,14,17,28H,11,13,15H2,1H3,(H2,27,32). The summed E-state index contributed by atoms with van der Waals surface area (Å²) < 4.78 is 54.6. The number of carbonyl (C=O) groups excluding carboxylic acids is 2. The number of imidazole rings is 2. The lowest BCUT2D eigenvalue weighted by atomic mass is 10.0. The molecule has 2 atom stereocenters. The highest BCUT2D eigenvalue weighted by Crippen LogP contribution is 2.36. The summed E-state index contributed by atoms with van der Waals surface area (Å²) in [6, 6.07) is 28.9. The Bertz CT molecular complexity index is 3260. The van der Waals surface area contributed by atoms with Crippen molar-refractivity contribution in [2.24, 2.45) is 11.5 Å². The summed E-state index contributed by atoms with van der Waals surface area (Å²) in [7, 11) is 0. The number of nitrogens with two attached hydrogens (primary N) is 2. The normalized spacial score (nSPS) is 15.4. The van der Waals surface area contributed by atoms with Gasteiger partial charge in [0.2, 0.25) is 0 Å². The summed E-state index contributed by atoms with van der Waals surface area (Å²) in [6.07, 6.45) is 5.65. The smallest absolute Gasteiger partial charge is 0.269 e. The van der Waals surface area contributed by atoms with Crippen LogP contribution in [0.4, 0.5) is 13.2 Å². The second-order valence-electron chi connectivity index (χ2n) is 16.0. The molecule has 4 aromatic carbocycles. The minimum Gasteiger partial charge on any atom is -0.457 e. The van der Waals surface area contributed by atoms with Crippen molar-refractivity contribution in [2.45, 2.75) is 38.5 Å². The molecule has 10 rings (SSSR count). The molecule has 2 amide bonds. The van der Waals surface area contributed by atoms with Crippen LogP contribution in [0.25, 0.3) is 33.8 Å². The number of hydrogen-bond acceptors (Lipinski definition) is 8. The van der Waals surface area contributed by atoms with Crippen LogP contribution >= 0.6 is 0 Å². The first-order valence-electron chi connectivity index (χ1n) is 21.4.